The highest BCUT2D eigenvalue weighted by molar-refractivity contribution is 6.01. The fraction of sp³-hybridized carbons (Fsp3) is 0.308. The minimum atomic E-state index is -0.472. The van der Waals surface area contributed by atoms with Gasteiger partial charge in [0.05, 0.1) is 35.4 Å². The van der Waals surface area contributed by atoms with Crippen LogP contribution < -0.4 is 5.32 Å². The summed E-state index contributed by atoms with van der Waals surface area (Å²) < 4.78 is 5.45. The summed E-state index contributed by atoms with van der Waals surface area (Å²) in [6, 6.07) is 20.2. The van der Waals surface area contributed by atoms with Crippen molar-refractivity contribution in [3.05, 3.63) is 88.1 Å². The number of allylic oxidation sites excluding steroid dienone is 2. The minimum absolute atomic E-state index is 0.273. The van der Waals surface area contributed by atoms with Crippen LogP contribution >= 0.6 is 0 Å². The fourth-order valence-electron chi connectivity index (χ4n) is 3.80. The van der Waals surface area contributed by atoms with Gasteiger partial charge in [-0.15, -0.1) is 0 Å². The molecule has 2 aromatic carbocycles. The molecule has 0 bridgehead atoms. The van der Waals surface area contributed by atoms with Gasteiger partial charge in [-0.2, -0.15) is 5.26 Å². The number of nitrogens with one attached hydrogen (secondary N) is 1. The lowest BCUT2D eigenvalue weighted by atomic mass is 9.78. The molecule has 2 aromatic rings. The Labute approximate surface area is 178 Å². The second-order valence-electron chi connectivity index (χ2n) is 7.95. The maximum absolute atomic E-state index is 13.2. The van der Waals surface area contributed by atoms with E-state index in [1.54, 1.807) is 6.92 Å². The molecule has 4 heteroatoms. The lowest BCUT2D eigenvalue weighted by molar-refractivity contribution is -0.138. The maximum Gasteiger partial charge on any atom is 0.337 e. The van der Waals surface area contributed by atoms with Crippen molar-refractivity contribution in [1.82, 2.24) is 5.32 Å². The smallest absolute Gasteiger partial charge is 0.337 e. The third-order valence-electron chi connectivity index (χ3n) is 5.15. The van der Waals surface area contributed by atoms with Crippen molar-refractivity contribution in [2.45, 2.75) is 40.0 Å². The first kappa shape index (κ1) is 21.4. The number of nitriles is 1. The minimum Gasteiger partial charge on any atom is -0.463 e. The van der Waals surface area contributed by atoms with Crippen LogP contribution in [-0.4, -0.2) is 12.6 Å². The van der Waals surface area contributed by atoms with E-state index in [1.807, 2.05) is 61.5 Å². The molecular formula is C26H28N2O2. The Balaban J connectivity index is 2.29. The van der Waals surface area contributed by atoms with E-state index < -0.39 is 11.9 Å². The van der Waals surface area contributed by atoms with Crippen LogP contribution in [-0.2, 0) is 9.53 Å². The van der Waals surface area contributed by atoms with Crippen LogP contribution in [0.25, 0.3) is 5.70 Å². The van der Waals surface area contributed by atoms with E-state index in [4.69, 9.17) is 4.74 Å². The number of hydrogen-bond acceptors (Lipinski definition) is 4. The molecule has 1 heterocycles. The van der Waals surface area contributed by atoms with Crippen LogP contribution in [0.4, 0.5) is 0 Å². The van der Waals surface area contributed by atoms with Crippen molar-refractivity contribution in [3.8, 4) is 6.07 Å². The summed E-state index contributed by atoms with van der Waals surface area (Å²) in [6.07, 6.45) is 0.720. The molecule has 1 atom stereocenters. The van der Waals surface area contributed by atoms with Gasteiger partial charge in [0, 0.05) is 5.70 Å². The number of carbonyl (C=O) groups excluding carboxylic acids is 1. The molecule has 4 nitrogen and oxygen atoms in total. The van der Waals surface area contributed by atoms with Crippen molar-refractivity contribution >= 4 is 11.7 Å². The molecule has 1 aliphatic heterocycles. The average Bonchev–Trinajstić information content (AvgIpc) is 2.74. The van der Waals surface area contributed by atoms with Crippen LogP contribution in [0.5, 0.6) is 0 Å². The van der Waals surface area contributed by atoms with Gasteiger partial charge >= 0.3 is 5.97 Å². The molecule has 1 unspecified atom stereocenters. The lowest BCUT2D eigenvalue weighted by Gasteiger charge is -2.32. The Hall–Kier alpha value is -3.32. The summed E-state index contributed by atoms with van der Waals surface area (Å²) in [6.45, 7) is 8.34. The molecule has 30 heavy (non-hydrogen) atoms. The Morgan fingerprint density at radius 1 is 1.13 bits per heavy atom. The summed E-state index contributed by atoms with van der Waals surface area (Å²) in [5.41, 5.74) is 5.58. The fourth-order valence-corrected chi connectivity index (χ4v) is 3.80. The number of carbonyl (C=O) groups is 1. The number of rotatable bonds is 6. The molecule has 3 rings (SSSR count). The number of esters is 1. The van der Waals surface area contributed by atoms with Crippen molar-refractivity contribution in [2.75, 3.05) is 6.61 Å². The topological polar surface area (TPSA) is 62.1 Å². The van der Waals surface area contributed by atoms with Crippen LogP contribution in [0.3, 0.4) is 0 Å². The number of aryl methyl sites for hydroxylation is 1. The molecule has 0 radical (unpaired) electrons. The van der Waals surface area contributed by atoms with Crippen LogP contribution in [0.2, 0.25) is 0 Å². The third-order valence-corrected chi connectivity index (χ3v) is 5.15. The van der Waals surface area contributed by atoms with Gasteiger partial charge in [-0.25, -0.2) is 4.79 Å². The predicted octanol–water partition coefficient (Wildman–Crippen LogP) is 5.48. The van der Waals surface area contributed by atoms with E-state index in [1.165, 1.54) is 0 Å². The largest absolute Gasteiger partial charge is 0.463 e. The molecule has 1 N–H and O–H groups in total. The molecule has 0 spiro atoms. The number of nitrogens with zero attached hydrogens (tertiary/aromatic N) is 1. The van der Waals surface area contributed by atoms with E-state index in [-0.39, 0.29) is 6.61 Å². The molecule has 0 amide bonds. The first-order valence-corrected chi connectivity index (χ1v) is 10.4. The number of dihydropyridines is 1. The van der Waals surface area contributed by atoms with E-state index in [9.17, 15) is 10.1 Å². The van der Waals surface area contributed by atoms with Crippen molar-refractivity contribution in [2.24, 2.45) is 5.92 Å². The van der Waals surface area contributed by atoms with Gasteiger partial charge in [0.2, 0.25) is 0 Å². The highest BCUT2D eigenvalue weighted by atomic mass is 16.5. The monoisotopic (exact) mass is 400 g/mol. The van der Waals surface area contributed by atoms with Gasteiger partial charge in [-0.1, -0.05) is 74.0 Å². The highest BCUT2D eigenvalue weighted by Crippen LogP contribution is 2.42. The molecule has 0 saturated carbocycles. The highest BCUT2D eigenvalue weighted by Gasteiger charge is 2.36. The Morgan fingerprint density at radius 3 is 2.37 bits per heavy atom. The van der Waals surface area contributed by atoms with Crippen molar-refractivity contribution < 1.29 is 9.53 Å². The quantitative estimate of drug-likeness (QED) is 0.652. The lowest BCUT2D eigenvalue weighted by Crippen LogP contribution is -2.30. The van der Waals surface area contributed by atoms with E-state index >= 15 is 0 Å². The second-order valence-corrected chi connectivity index (χ2v) is 7.95. The first-order chi connectivity index (χ1) is 14.5. The summed E-state index contributed by atoms with van der Waals surface area (Å²) in [5.74, 6) is -0.513. The molecule has 0 aliphatic carbocycles. The van der Waals surface area contributed by atoms with Gasteiger partial charge in [0.1, 0.15) is 0 Å². The van der Waals surface area contributed by atoms with Crippen LogP contribution in [0.15, 0.2) is 71.4 Å². The zero-order valence-electron chi connectivity index (χ0n) is 18.0. The molecule has 1 aliphatic rings. The second kappa shape index (κ2) is 9.45. The van der Waals surface area contributed by atoms with Gasteiger partial charge in [0.25, 0.3) is 0 Å². The van der Waals surface area contributed by atoms with E-state index in [2.05, 4.69) is 25.2 Å². The number of benzene rings is 2. The number of ether oxygens (including phenoxy) is 1. The third kappa shape index (κ3) is 4.46. The maximum atomic E-state index is 13.2. The van der Waals surface area contributed by atoms with Gasteiger partial charge in [-0.3, -0.25) is 0 Å². The van der Waals surface area contributed by atoms with Crippen molar-refractivity contribution in [1.29, 1.82) is 5.26 Å². The zero-order valence-corrected chi connectivity index (χ0v) is 18.0. The predicted molar refractivity (Wildman–Crippen MR) is 119 cm³/mol. The average molecular weight is 401 g/mol. The van der Waals surface area contributed by atoms with Gasteiger partial charge in [-0.05, 0) is 37.3 Å². The Kier molecular flexibility index (Phi) is 6.74. The van der Waals surface area contributed by atoms with E-state index in [0.717, 1.165) is 28.8 Å². The van der Waals surface area contributed by atoms with Gasteiger partial charge in [0.15, 0.2) is 0 Å². The molecule has 0 aromatic heterocycles. The Morgan fingerprint density at radius 2 is 1.80 bits per heavy atom. The standard InChI is InChI=1S/C26H28N2O2/c1-5-30-26(29)24-23(19-13-11-18(4)12-14-19)21(16-27)22(15-17(2)3)28-25(24)20-9-7-6-8-10-20/h6-14,17,23,28H,5,15H2,1-4H3. The zero-order chi connectivity index (χ0) is 21.7. The summed E-state index contributed by atoms with van der Waals surface area (Å²) in [5, 5.41) is 13.6. The summed E-state index contributed by atoms with van der Waals surface area (Å²) >= 11 is 0. The van der Waals surface area contributed by atoms with Crippen LogP contribution in [0.1, 0.15) is 49.8 Å². The van der Waals surface area contributed by atoms with E-state index in [0.29, 0.717) is 22.8 Å². The first-order valence-electron chi connectivity index (χ1n) is 10.4. The van der Waals surface area contributed by atoms with Crippen molar-refractivity contribution in [3.63, 3.8) is 0 Å². The summed E-state index contributed by atoms with van der Waals surface area (Å²) in [4.78, 5) is 13.2. The molecular weight excluding hydrogens is 372 g/mol. The van der Waals surface area contributed by atoms with Crippen LogP contribution in [0, 0.1) is 24.2 Å². The molecule has 0 saturated heterocycles. The van der Waals surface area contributed by atoms with Gasteiger partial charge < -0.3 is 10.1 Å². The SMILES string of the molecule is CCOC(=O)C1=C(c2ccccc2)NC(CC(C)C)=C(C#N)C1c1ccc(C)cc1. The number of hydrogen-bond donors (Lipinski definition) is 1. The normalized spacial score (nSPS) is 16.3. The Bertz CT molecular complexity index is 1010. The molecule has 0 fully saturated rings. The summed E-state index contributed by atoms with van der Waals surface area (Å²) in [7, 11) is 0. The molecule has 154 valence electrons.